The fraction of sp³-hybridized carbons (Fsp3) is 0.238. The molecule has 1 atom stereocenters. The molecule has 1 amide bonds. The number of ether oxygens (including phenoxy) is 1. The molecule has 3 aromatic rings. The third-order valence-electron chi connectivity index (χ3n) is 4.58. The number of anilines is 1. The predicted molar refractivity (Wildman–Crippen MR) is 102 cm³/mol. The van der Waals surface area contributed by atoms with Gasteiger partial charge < -0.3 is 14.1 Å². The van der Waals surface area contributed by atoms with E-state index in [-0.39, 0.29) is 11.8 Å². The van der Waals surface area contributed by atoms with Crippen LogP contribution in [0.2, 0.25) is 0 Å². The Bertz CT molecular complexity index is 1000. The van der Waals surface area contributed by atoms with E-state index in [2.05, 4.69) is 10.2 Å². The normalized spacial score (nSPS) is 14.9. The molecule has 7 heteroatoms. The second kappa shape index (κ2) is 7.64. The lowest BCUT2D eigenvalue weighted by atomic mass is 10.1. The molecular formula is C21H19N3O4. The van der Waals surface area contributed by atoms with Crippen LogP contribution in [0.15, 0.2) is 59.0 Å². The monoisotopic (exact) mass is 377 g/mol. The molecule has 1 aromatic heterocycles. The van der Waals surface area contributed by atoms with Crippen LogP contribution in [-0.2, 0) is 9.53 Å². The van der Waals surface area contributed by atoms with E-state index in [0.29, 0.717) is 30.1 Å². The van der Waals surface area contributed by atoms with Crippen LogP contribution in [0, 0.1) is 0 Å². The van der Waals surface area contributed by atoms with Gasteiger partial charge in [-0.05, 0) is 37.6 Å². The minimum absolute atomic E-state index is 0.0118. The van der Waals surface area contributed by atoms with E-state index in [1.165, 1.54) is 0 Å². The van der Waals surface area contributed by atoms with Crippen LogP contribution >= 0.6 is 0 Å². The summed E-state index contributed by atoms with van der Waals surface area (Å²) in [6, 6.07) is 16.3. The molecule has 7 nitrogen and oxygen atoms in total. The van der Waals surface area contributed by atoms with Crippen molar-refractivity contribution in [2.75, 3.05) is 11.4 Å². The number of hydrogen-bond acceptors (Lipinski definition) is 6. The van der Waals surface area contributed by atoms with Crippen molar-refractivity contribution in [2.24, 2.45) is 0 Å². The Labute approximate surface area is 161 Å². The molecule has 0 radical (unpaired) electrons. The number of carbonyl (C=O) groups excluding carboxylic acids is 2. The molecule has 2 heterocycles. The highest BCUT2D eigenvalue weighted by Crippen LogP contribution is 2.28. The average molecular weight is 377 g/mol. The molecule has 1 aliphatic heterocycles. The Hall–Kier alpha value is -3.48. The lowest BCUT2D eigenvalue weighted by Crippen LogP contribution is -2.26. The maximum Gasteiger partial charge on any atom is 0.341 e. The zero-order chi connectivity index (χ0) is 19.5. The van der Waals surface area contributed by atoms with Gasteiger partial charge in [-0.15, -0.1) is 10.2 Å². The summed E-state index contributed by atoms with van der Waals surface area (Å²) in [5.41, 5.74) is 1.70. The first-order chi connectivity index (χ1) is 13.6. The topological polar surface area (TPSA) is 85.5 Å². The number of nitrogens with zero attached hydrogens (tertiary/aromatic N) is 3. The van der Waals surface area contributed by atoms with Gasteiger partial charge in [0, 0.05) is 18.5 Å². The van der Waals surface area contributed by atoms with Crippen LogP contribution in [0.4, 0.5) is 5.69 Å². The van der Waals surface area contributed by atoms with Gasteiger partial charge in [0.2, 0.25) is 11.8 Å². The molecule has 0 aliphatic carbocycles. The second-order valence-electron chi connectivity index (χ2n) is 6.53. The molecule has 28 heavy (non-hydrogen) atoms. The largest absolute Gasteiger partial charge is 0.449 e. The van der Waals surface area contributed by atoms with Crippen LogP contribution in [0.5, 0.6) is 0 Å². The lowest BCUT2D eigenvalue weighted by Gasteiger charge is -2.19. The summed E-state index contributed by atoms with van der Waals surface area (Å²) in [5, 5.41) is 8.01. The first-order valence-corrected chi connectivity index (χ1v) is 9.12. The Morgan fingerprint density at radius 1 is 1.11 bits per heavy atom. The minimum Gasteiger partial charge on any atom is -0.449 e. The fourth-order valence-electron chi connectivity index (χ4n) is 3.16. The highest BCUT2D eigenvalue weighted by molar-refractivity contribution is 6.03. The van der Waals surface area contributed by atoms with Gasteiger partial charge in [0.25, 0.3) is 5.89 Å². The van der Waals surface area contributed by atoms with Crippen LogP contribution in [0.3, 0.4) is 0 Å². The fourth-order valence-corrected chi connectivity index (χ4v) is 3.16. The number of aromatic nitrogens is 2. The molecule has 2 aromatic carbocycles. The summed E-state index contributed by atoms with van der Waals surface area (Å²) in [6.07, 6.45) is 0.548. The van der Waals surface area contributed by atoms with Crippen molar-refractivity contribution in [2.45, 2.75) is 25.9 Å². The Balaban J connectivity index is 1.52. The van der Waals surface area contributed by atoms with Crippen LogP contribution in [-0.4, -0.2) is 28.6 Å². The molecule has 0 saturated carbocycles. The van der Waals surface area contributed by atoms with Gasteiger partial charge in [0.05, 0.1) is 11.3 Å². The van der Waals surface area contributed by atoms with E-state index in [4.69, 9.17) is 9.15 Å². The molecule has 1 fully saturated rings. The third kappa shape index (κ3) is 3.51. The zero-order valence-electron chi connectivity index (χ0n) is 15.4. The van der Waals surface area contributed by atoms with Gasteiger partial charge in [-0.1, -0.05) is 30.3 Å². The smallest absolute Gasteiger partial charge is 0.341 e. The van der Waals surface area contributed by atoms with Gasteiger partial charge in [-0.25, -0.2) is 4.79 Å². The van der Waals surface area contributed by atoms with E-state index >= 15 is 0 Å². The van der Waals surface area contributed by atoms with Crippen molar-refractivity contribution in [1.29, 1.82) is 0 Å². The molecule has 0 unspecified atom stereocenters. The van der Waals surface area contributed by atoms with Crippen molar-refractivity contribution in [3.63, 3.8) is 0 Å². The second-order valence-corrected chi connectivity index (χ2v) is 6.53. The number of carbonyl (C=O) groups is 2. The summed E-state index contributed by atoms with van der Waals surface area (Å²) in [7, 11) is 0. The van der Waals surface area contributed by atoms with Gasteiger partial charge in [0.1, 0.15) is 0 Å². The average Bonchev–Trinajstić information content (AvgIpc) is 3.38. The molecule has 0 spiro atoms. The first kappa shape index (κ1) is 17.9. The molecular weight excluding hydrogens is 358 g/mol. The van der Waals surface area contributed by atoms with Crippen molar-refractivity contribution >= 4 is 17.6 Å². The number of hydrogen-bond donors (Lipinski definition) is 0. The minimum atomic E-state index is -0.722. The number of amides is 1. The number of para-hydroxylation sites is 1. The van der Waals surface area contributed by atoms with E-state index in [9.17, 15) is 9.59 Å². The number of benzene rings is 2. The lowest BCUT2D eigenvalue weighted by molar-refractivity contribution is -0.117. The Morgan fingerprint density at radius 3 is 2.61 bits per heavy atom. The highest BCUT2D eigenvalue weighted by Gasteiger charge is 2.27. The maximum absolute atomic E-state index is 12.7. The summed E-state index contributed by atoms with van der Waals surface area (Å²) in [5.74, 6) is 0.0449. The van der Waals surface area contributed by atoms with Gasteiger partial charge >= 0.3 is 5.97 Å². The molecule has 4 rings (SSSR count). The van der Waals surface area contributed by atoms with Gasteiger partial charge in [-0.2, -0.15) is 0 Å². The van der Waals surface area contributed by atoms with Crippen LogP contribution in [0.25, 0.3) is 11.5 Å². The van der Waals surface area contributed by atoms with Crippen LogP contribution in [0.1, 0.15) is 42.1 Å². The standard InChI is InChI=1S/C21H19N3O4/c1-14(19-22-23-20(28-19)15-8-3-2-4-9-15)27-21(26)16-10-5-6-11-17(16)24-13-7-12-18(24)25/h2-6,8-11,14H,7,12-13H2,1H3/t14-/m0/s1. The SMILES string of the molecule is C[C@H](OC(=O)c1ccccc1N1CCCC1=O)c1nnc(-c2ccccc2)o1. The van der Waals surface area contributed by atoms with Gasteiger partial charge in [-0.3, -0.25) is 4.79 Å². The van der Waals surface area contributed by atoms with Crippen molar-refractivity contribution in [1.82, 2.24) is 10.2 Å². The third-order valence-corrected chi connectivity index (χ3v) is 4.58. The summed E-state index contributed by atoms with van der Waals surface area (Å²) in [6.45, 7) is 2.27. The number of rotatable bonds is 5. The summed E-state index contributed by atoms with van der Waals surface area (Å²) < 4.78 is 11.2. The quantitative estimate of drug-likeness (QED) is 0.629. The predicted octanol–water partition coefficient (Wildman–Crippen LogP) is 3.78. The molecule has 0 N–H and O–H groups in total. The van der Waals surface area contributed by atoms with E-state index in [1.807, 2.05) is 30.3 Å². The Kier molecular flexibility index (Phi) is 4.89. The summed E-state index contributed by atoms with van der Waals surface area (Å²) >= 11 is 0. The number of esters is 1. The van der Waals surface area contributed by atoms with E-state index in [0.717, 1.165) is 12.0 Å². The molecule has 0 bridgehead atoms. The maximum atomic E-state index is 12.7. The first-order valence-electron chi connectivity index (χ1n) is 9.12. The molecule has 142 valence electrons. The van der Waals surface area contributed by atoms with Crippen molar-refractivity contribution < 1.29 is 18.7 Å². The van der Waals surface area contributed by atoms with Crippen molar-refractivity contribution in [3.8, 4) is 11.5 Å². The van der Waals surface area contributed by atoms with E-state index < -0.39 is 12.1 Å². The molecule has 1 saturated heterocycles. The van der Waals surface area contributed by atoms with Crippen molar-refractivity contribution in [3.05, 3.63) is 66.1 Å². The Morgan fingerprint density at radius 2 is 1.86 bits per heavy atom. The summed E-state index contributed by atoms with van der Waals surface area (Å²) in [4.78, 5) is 26.4. The zero-order valence-corrected chi connectivity index (χ0v) is 15.4. The van der Waals surface area contributed by atoms with E-state index in [1.54, 1.807) is 36.1 Å². The van der Waals surface area contributed by atoms with Gasteiger partial charge in [0.15, 0.2) is 6.10 Å². The van der Waals surface area contributed by atoms with Crippen LogP contribution < -0.4 is 4.90 Å². The highest BCUT2D eigenvalue weighted by atomic mass is 16.6. The molecule has 1 aliphatic rings.